The number of thioether (sulfide) groups is 1. The van der Waals surface area contributed by atoms with Crippen LogP contribution in [0.5, 0.6) is 0 Å². The van der Waals surface area contributed by atoms with Gasteiger partial charge in [-0.15, -0.1) is 0 Å². The zero-order chi connectivity index (χ0) is 22.8. The fourth-order valence-electron chi connectivity index (χ4n) is 3.90. The molecule has 0 saturated carbocycles. The van der Waals surface area contributed by atoms with Gasteiger partial charge in [0.2, 0.25) is 10.2 Å². The summed E-state index contributed by atoms with van der Waals surface area (Å²) in [7, 11) is -4.04. The van der Waals surface area contributed by atoms with E-state index in [9.17, 15) is 9.59 Å². The Kier molecular flexibility index (Phi) is 7.43. The third kappa shape index (κ3) is 6.26. The zero-order valence-corrected chi connectivity index (χ0v) is 21.9. The molecular formula is C24H32O4SSi2. The van der Waals surface area contributed by atoms with E-state index in [1.54, 1.807) is 0 Å². The molecular weight excluding hydrogens is 440 g/mol. The predicted molar refractivity (Wildman–Crippen MR) is 132 cm³/mol. The van der Waals surface area contributed by atoms with Crippen molar-refractivity contribution in [1.29, 1.82) is 0 Å². The fourth-order valence-corrected chi connectivity index (χ4v) is 7.00. The van der Waals surface area contributed by atoms with Gasteiger partial charge < -0.3 is 8.85 Å². The van der Waals surface area contributed by atoms with Crippen molar-refractivity contribution >= 4 is 38.6 Å². The maximum Gasteiger partial charge on any atom is 0.203 e. The highest BCUT2D eigenvalue weighted by Gasteiger charge is 2.53. The standard InChI is InChI=1S/C24H32O4SSi2/c1-30(2,3)27-21(17-13-9-7-10-14-17)19-20(24(26)29-23(19)25)22(28-31(4,5)6)18-15-11-8-12-16-18/h7-16,19-22H,1-6H3. The normalized spacial score (nSPS) is 21.9. The monoisotopic (exact) mass is 472 g/mol. The maximum absolute atomic E-state index is 13.2. The van der Waals surface area contributed by atoms with Crippen LogP contribution < -0.4 is 0 Å². The van der Waals surface area contributed by atoms with Crippen molar-refractivity contribution in [3.8, 4) is 0 Å². The summed E-state index contributed by atoms with van der Waals surface area (Å²) in [4.78, 5) is 26.5. The lowest BCUT2D eigenvalue weighted by Gasteiger charge is -2.37. The van der Waals surface area contributed by atoms with Crippen molar-refractivity contribution in [2.24, 2.45) is 11.8 Å². The number of benzene rings is 2. The highest BCUT2D eigenvalue weighted by Crippen LogP contribution is 2.50. The molecule has 4 nitrogen and oxygen atoms in total. The Morgan fingerprint density at radius 2 is 0.968 bits per heavy atom. The zero-order valence-electron chi connectivity index (χ0n) is 19.1. The van der Waals surface area contributed by atoms with Crippen molar-refractivity contribution in [3.63, 3.8) is 0 Å². The van der Waals surface area contributed by atoms with E-state index in [2.05, 4.69) is 39.3 Å². The van der Waals surface area contributed by atoms with E-state index in [1.807, 2.05) is 60.7 Å². The summed E-state index contributed by atoms with van der Waals surface area (Å²) in [5.41, 5.74) is 1.87. The molecule has 1 heterocycles. The first-order valence-electron chi connectivity index (χ1n) is 10.7. The average molecular weight is 473 g/mol. The number of carbonyl (C=O) groups is 2. The second kappa shape index (κ2) is 9.54. The Bertz CT molecular complexity index is 831. The van der Waals surface area contributed by atoms with Gasteiger partial charge in [-0.25, -0.2) is 0 Å². The number of carbonyl (C=O) groups excluding carboxylic acids is 2. The summed E-state index contributed by atoms with van der Waals surface area (Å²) in [6, 6.07) is 19.6. The van der Waals surface area contributed by atoms with Crippen molar-refractivity contribution in [2.75, 3.05) is 0 Å². The molecule has 1 fully saturated rings. The van der Waals surface area contributed by atoms with Gasteiger partial charge in [0.1, 0.15) is 0 Å². The summed E-state index contributed by atoms with van der Waals surface area (Å²) in [6.07, 6.45) is -0.943. The van der Waals surface area contributed by atoms with E-state index in [-0.39, 0.29) is 10.2 Å². The van der Waals surface area contributed by atoms with Gasteiger partial charge in [-0.1, -0.05) is 60.7 Å². The summed E-state index contributed by atoms with van der Waals surface area (Å²) >= 11 is 0.828. The van der Waals surface area contributed by atoms with E-state index in [1.165, 1.54) is 0 Å². The minimum absolute atomic E-state index is 0.123. The molecule has 2 aromatic rings. The van der Waals surface area contributed by atoms with Crippen LogP contribution in [0.3, 0.4) is 0 Å². The maximum atomic E-state index is 13.2. The van der Waals surface area contributed by atoms with Crippen LogP contribution in [-0.4, -0.2) is 26.9 Å². The summed E-state index contributed by atoms with van der Waals surface area (Å²) in [5, 5.41) is -0.246. The van der Waals surface area contributed by atoms with Crippen LogP contribution in [0.25, 0.3) is 0 Å². The van der Waals surface area contributed by atoms with E-state index in [0.717, 1.165) is 22.9 Å². The van der Waals surface area contributed by atoms with Crippen LogP contribution in [0.1, 0.15) is 23.3 Å². The first-order valence-corrected chi connectivity index (χ1v) is 18.3. The lowest BCUT2D eigenvalue weighted by atomic mass is 9.81. The lowest BCUT2D eigenvalue weighted by Crippen LogP contribution is -2.40. The highest BCUT2D eigenvalue weighted by atomic mass is 32.2. The molecule has 4 unspecified atom stereocenters. The van der Waals surface area contributed by atoms with Gasteiger partial charge in [0.05, 0.1) is 24.0 Å². The molecule has 1 aliphatic heterocycles. The lowest BCUT2D eigenvalue weighted by molar-refractivity contribution is -0.127. The van der Waals surface area contributed by atoms with Crippen LogP contribution in [-0.2, 0) is 18.4 Å². The third-order valence-electron chi connectivity index (χ3n) is 5.00. The van der Waals surface area contributed by atoms with Gasteiger partial charge in [0, 0.05) is 0 Å². The smallest absolute Gasteiger partial charge is 0.203 e. The fraction of sp³-hybridized carbons (Fsp3) is 0.417. The topological polar surface area (TPSA) is 52.6 Å². The Hall–Kier alpha value is -1.52. The van der Waals surface area contributed by atoms with Crippen molar-refractivity contribution in [2.45, 2.75) is 51.5 Å². The molecule has 0 radical (unpaired) electrons. The number of hydrogen-bond donors (Lipinski definition) is 0. The molecule has 0 aliphatic carbocycles. The van der Waals surface area contributed by atoms with Crippen LogP contribution >= 0.6 is 11.8 Å². The molecule has 0 N–H and O–H groups in total. The van der Waals surface area contributed by atoms with E-state index >= 15 is 0 Å². The molecule has 0 aromatic heterocycles. The Balaban J connectivity index is 2.11. The second-order valence-electron chi connectivity index (χ2n) is 9.91. The largest absolute Gasteiger partial charge is 0.410 e. The quantitative estimate of drug-likeness (QED) is 0.428. The minimum Gasteiger partial charge on any atom is -0.410 e. The highest BCUT2D eigenvalue weighted by molar-refractivity contribution is 8.26. The van der Waals surface area contributed by atoms with Crippen molar-refractivity contribution in [3.05, 3.63) is 71.8 Å². The molecule has 4 atom stereocenters. The van der Waals surface area contributed by atoms with Crippen molar-refractivity contribution < 1.29 is 18.4 Å². The number of rotatable bonds is 8. The molecule has 0 bridgehead atoms. The summed E-state index contributed by atoms with van der Waals surface area (Å²) in [6.45, 7) is 12.7. The van der Waals surface area contributed by atoms with Crippen molar-refractivity contribution in [1.82, 2.24) is 0 Å². The molecule has 3 rings (SSSR count). The molecule has 1 saturated heterocycles. The van der Waals surface area contributed by atoms with Crippen LogP contribution in [0.4, 0.5) is 0 Å². The Morgan fingerprint density at radius 3 is 1.26 bits per heavy atom. The second-order valence-corrected chi connectivity index (χ2v) is 19.8. The first kappa shape index (κ1) is 24.1. The van der Waals surface area contributed by atoms with E-state index in [0.29, 0.717) is 0 Å². The molecule has 2 aromatic carbocycles. The van der Waals surface area contributed by atoms with Gasteiger partial charge in [0.25, 0.3) is 0 Å². The predicted octanol–water partition coefficient (Wildman–Crippen LogP) is 6.20. The van der Waals surface area contributed by atoms with Gasteiger partial charge in [-0.2, -0.15) is 0 Å². The molecule has 31 heavy (non-hydrogen) atoms. The summed E-state index contributed by atoms with van der Waals surface area (Å²) < 4.78 is 13.2. The van der Waals surface area contributed by atoms with Crippen LogP contribution in [0.2, 0.25) is 39.3 Å². The molecule has 1 aliphatic rings. The minimum atomic E-state index is -2.02. The van der Waals surface area contributed by atoms with Gasteiger partial charge in [-0.05, 0) is 62.2 Å². The third-order valence-corrected chi connectivity index (χ3v) is 7.87. The Labute approximate surface area is 192 Å². The van der Waals surface area contributed by atoms with E-state index in [4.69, 9.17) is 8.85 Å². The molecule has 0 spiro atoms. The Morgan fingerprint density at radius 1 is 0.645 bits per heavy atom. The van der Waals surface area contributed by atoms with Gasteiger partial charge >= 0.3 is 0 Å². The van der Waals surface area contributed by atoms with Crippen LogP contribution in [0.15, 0.2) is 60.7 Å². The molecule has 166 valence electrons. The van der Waals surface area contributed by atoms with E-state index < -0.39 is 40.7 Å². The van der Waals surface area contributed by atoms with Crippen LogP contribution in [0, 0.1) is 11.8 Å². The van der Waals surface area contributed by atoms with Gasteiger partial charge in [-0.3, -0.25) is 9.59 Å². The summed E-state index contributed by atoms with van der Waals surface area (Å²) in [5.74, 6) is -1.18. The van der Waals surface area contributed by atoms with Gasteiger partial charge in [0.15, 0.2) is 16.6 Å². The molecule has 0 amide bonds. The molecule has 7 heteroatoms. The SMILES string of the molecule is C[Si](C)(C)OC(c1ccccc1)C1C(=O)SC(=O)C1C(O[Si](C)(C)C)c1ccccc1. The number of hydrogen-bond acceptors (Lipinski definition) is 5. The average Bonchev–Trinajstić information content (AvgIpc) is 2.98. The first-order chi connectivity index (χ1) is 14.5.